The Labute approximate surface area is 178 Å². The van der Waals surface area contributed by atoms with Gasteiger partial charge in [0.05, 0.1) is 16.3 Å². The number of nitrogens with one attached hydrogen (secondary N) is 1. The van der Waals surface area contributed by atoms with Crippen molar-refractivity contribution < 1.29 is 21.6 Å². The van der Waals surface area contributed by atoms with Gasteiger partial charge in [0, 0.05) is 26.3 Å². The number of hydrogen-bond donors (Lipinski definition) is 1. The van der Waals surface area contributed by atoms with Gasteiger partial charge < -0.3 is 5.32 Å². The topological polar surface area (TPSA) is 104 Å². The summed E-state index contributed by atoms with van der Waals surface area (Å²) in [5.74, 6) is -0.557. The highest BCUT2D eigenvalue weighted by Crippen LogP contribution is 2.19. The molecule has 0 saturated carbocycles. The summed E-state index contributed by atoms with van der Waals surface area (Å²) in [4.78, 5) is 12.7. The number of amides is 1. The lowest BCUT2D eigenvalue weighted by Gasteiger charge is -2.21. The third kappa shape index (κ3) is 5.66. The molecule has 1 amide bonds. The van der Waals surface area contributed by atoms with E-state index in [1.807, 2.05) is 13.8 Å². The van der Waals surface area contributed by atoms with Crippen LogP contribution in [-0.2, 0) is 24.8 Å². The van der Waals surface area contributed by atoms with E-state index in [1.54, 1.807) is 18.2 Å². The summed E-state index contributed by atoms with van der Waals surface area (Å²) < 4.78 is 52.6. The molecule has 2 aromatic carbocycles. The fraction of sp³-hybridized carbons (Fsp3) is 0.350. The maximum absolute atomic E-state index is 12.9. The summed E-state index contributed by atoms with van der Waals surface area (Å²) >= 11 is 0. The number of benzene rings is 2. The van der Waals surface area contributed by atoms with Crippen LogP contribution in [0.5, 0.6) is 0 Å². The molecule has 0 fully saturated rings. The van der Waals surface area contributed by atoms with Crippen LogP contribution in [0.1, 0.15) is 18.9 Å². The fourth-order valence-corrected chi connectivity index (χ4v) is 5.14. The van der Waals surface area contributed by atoms with E-state index in [9.17, 15) is 21.6 Å². The van der Waals surface area contributed by atoms with E-state index in [-0.39, 0.29) is 28.6 Å². The molecule has 10 heteroatoms. The van der Waals surface area contributed by atoms with Gasteiger partial charge in [-0.05, 0) is 43.7 Å². The first kappa shape index (κ1) is 24.0. The quantitative estimate of drug-likeness (QED) is 0.627. The van der Waals surface area contributed by atoms with Crippen LogP contribution in [0, 0.1) is 6.92 Å². The van der Waals surface area contributed by atoms with Crippen molar-refractivity contribution in [1.82, 2.24) is 8.61 Å². The minimum absolute atomic E-state index is 0.0305. The molecule has 0 spiro atoms. The Bertz CT molecular complexity index is 1100. The number of nitrogens with zero attached hydrogens (tertiary/aromatic N) is 2. The molecule has 8 nitrogen and oxygen atoms in total. The Morgan fingerprint density at radius 3 is 2.13 bits per heavy atom. The van der Waals surface area contributed by atoms with Crippen LogP contribution in [0.25, 0.3) is 0 Å². The standard InChI is InChI=1S/C20H27N3O5S2/c1-5-13-23(30(27,28)18-11-9-16(2)10-12-18)15-20(24)21-17-7-6-8-19(14-17)29(25,26)22(3)4/h6-12,14H,5,13,15H2,1-4H3,(H,21,24). The summed E-state index contributed by atoms with van der Waals surface area (Å²) in [7, 11) is -4.66. The summed E-state index contributed by atoms with van der Waals surface area (Å²) in [6.45, 7) is 3.48. The predicted molar refractivity (Wildman–Crippen MR) is 116 cm³/mol. The number of rotatable bonds is 9. The first-order valence-corrected chi connectivity index (χ1v) is 12.3. The highest BCUT2D eigenvalue weighted by molar-refractivity contribution is 7.89. The molecule has 0 radical (unpaired) electrons. The van der Waals surface area contributed by atoms with Crippen molar-refractivity contribution in [3.8, 4) is 0 Å². The molecule has 2 aromatic rings. The smallest absolute Gasteiger partial charge is 0.243 e. The van der Waals surface area contributed by atoms with E-state index in [0.29, 0.717) is 6.42 Å². The maximum atomic E-state index is 12.9. The Morgan fingerprint density at radius 1 is 0.933 bits per heavy atom. The van der Waals surface area contributed by atoms with Gasteiger partial charge in [0.15, 0.2) is 0 Å². The van der Waals surface area contributed by atoms with E-state index in [0.717, 1.165) is 14.2 Å². The van der Waals surface area contributed by atoms with Crippen molar-refractivity contribution in [2.24, 2.45) is 0 Å². The first-order valence-electron chi connectivity index (χ1n) is 9.37. The van der Waals surface area contributed by atoms with Crippen LogP contribution in [0.3, 0.4) is 0 Å². The number of sulfonamides is 2. The minimum Gasteiger partial charge on any atom is -0.325 e. The Kier molecular flexibility index (Phi) is 7.75. The third-order valence-corrected chi connectivity index (χ3v) is 8.02. The van der Waals surface area contributed by atoms with Crippen molar-refractivity contribution in [3.63, 3.8) is 0 Å². The van der Waals surface area contributed by atoms with Crippen LogP contribution < -0.4 is 5.32 Å². The molecule has 0 aliphatic rings. The van der Waals surface area contributed by atoms with Gasteiger partial charge in [0.2, 0.25) is 26.0 Å². The van der Waals surface area contributed by atoms with Gasteiger partial charge in [-0.2, -0.15) is 4.31 Å². The maximum Gasteiger partial charge on any atom is 0.243 e. The second-order valence-electron chi connectivity index (χ2n) is 7.02. The van der Waals surface area contributed by atoms with Gasteiger partial charge in [-0.1, -0.05) is 30.7 Å². The normalized spacial score (nSPS) is 12.3. The second kappa shape index (κ2) is 9.69. The largest absolute Gasteiger partial charge is 0.325 e. The lowest BCUT2D eigenvalue weighted by molar-refractivity contribution is -0.116. The number of carbonyl (C=O) groups is 1. The second-order valence-corrected chi connectivity index (χ2v) is 11.1. The first-order chi connectivity index (χ1) is 14.0. The van der Waals surface area contributed by atoms with E-state index in [1.165, 1.54) is 44.4 Å². The lowest BCUT2D eigenvalue weighted by atomic mass is 10.2. The Hall–Kier alpha value is -2.27. The summed E-state index contributed by atoms with van der Waals surface area (Å²) in [6.07, 6.45) is 0.537. The summed E-state index contributed by atoms with van der Waals surface area (Å²) in [5.41, 5.74) is 1.20. The molecule has 0 unspecified atom stereocenters. The minimum atomic E-state index is -3.84. The molecular formula is C20H27N3O5S2. The fourth-order valence-electron chi connectivity index (χ4n) is 2.70. The van der Waals surface area contributed by atoms with E-state index < -0.39 is 26.0 Å². The van der Waals surface area contributed by atoms with Crippen LogP contribution >= 0.6 is 0 Å². The SMILES string of the molecule is CCCN(CC(=O)Nc1cccc(S(=O)(=O)N(C)C)c1)S(=O)(=O)c1ccc(C)cc1. The van der Waals surface area contributed by atoms with Crippen molar-refractivity contribution in [3.05, 3.63) is 54.1 Å². The number of aryl methyl sites for hydroxylation is 1. The van der Waals surface area contributed by atoms with Crippen molar-refractivity contribution in [2.75, 3.05) is 32.5 Å². The zero-order valence-corrected chi connectivity index (χ0v) is 19.1. The van der Waals surface area contributed by atoms with Crippen molar-refractivity contribution in [1.29, 1.82) is 0 Å². The van der Waals surface area contributed by atoms with Gasteiger partial charge in [0.1, 0.15) is 0 Å². The molecule has 164 valence electrons. The molecule has 2 rings (SSSR count). The average Bonchev–Trinajstić information content (AvgIpc) is 2.68. The third-order valence-electron chi connectivity index (χ3n) is 4.35. The molecule has 1 N–H and O–H groups in total. The Morgan fingerprint density at radius 2 is 1.57 bits per heavy atom. The van der Waals surface area contributed by atoms with Crippen molar-refractivity contribution >= 4 is 31.6 Å². The van der Waals surface area contributed by atoms with Gasteiger partial charge in [0.25, 0.3) is 0 Å². The zero-order valence-electron chi connectivity index (χ0n) is 17.5. The van der Waals surface area contributed by atoms with Gasteiger partial charge >= 0.3 is 0 Å². The van der Waals surface area contributed by atoms with Crippen LogP contribution in [0.4, 0.5) is 5.69 Å². The molecule has 0 aliphatic carbocycles. The molecule has 0 aliphatic heterocycles. The van der Waals surface area contributed by atoms with E-state index >= 15 is 0 Å². The molecular weight excluding hydrogens is 426 g/mol. The van der Waals surface area contributed by atoms with Crippen molar-refractivity contribution in [2.45, 2.75) is 30.1 Å². The summed E-state index contributed by atoms with van der Waals surface area (Å²) in [6, 6.07) is 12.3. The summed E-state index contributed by atoms with van der Waals surface area (Å²) in [5, 5.41) is 2.59. The number of carbonyl (C=O) groups excluding carboxylic acids is 1. The van der Waals surface area contributed by atoms with Crippen LogP contribution in [0.15, 0.2) is 58.3 Å². The van der Waals surface area contributed by atoms with Gasteiger partial charge in [-0.15, -0.1) is 0 Å². The molecule has 0 aromatic heterocycles. The highest BCUT2D eigenvalue weighted by Gasteiger charge is 2.26. The Balaban J connectivity index is 2.21. The predicted octanol–water partition coefficient (Wildman–Crippen LogP) is 2.28. The molecule has 0 saturated heterocycles. The number of anilines is 1. The number of hydrogen-bond acceptors (Lipinski definition) is 5. The molecule has 0 atom stereocenters. The molecule has 30 heavy (non-hydrogen) atoms. The van der Waals surface area contributed by atoms with Gasteiger partial charge in [-0.3, -0.25) is 4.79 Å². The lowest BCUT2D eigenvalue weighted by Crippen LogP contribution is -2.38. The van der Waals surface area contributed by atoms with Gasteiger partial charge in [-0.25, -0.2) is 21.1 Å². The van der Waals surface area contributed by atoms with Crippen LogP contribution in [-0.4, -0.2) is 58.5 Å². The highest BCUT2D eigenvalue weighted by atomic mass is 32.2. The monoisotopic (exact) mass is 453 g/mol. The van der Waals surface area contributed by atoms with E-state index in [2.05, 4.69) is 5.32 Å². The van der Waals surface area contributed by atoms with Crippen LogP contribution in [0.2, 0.25) is 0 Å². The van der Waals surface area contributed by atoms with E-state index in [4.69, 9.17) is 0 Å². The zero-order chi connectivity index (χ0) is 22.5. The molecule has 0 heterocycles. The molecule has 0 bridgehead atoms. The average molecular weight is 454 g/mol.